The van der Waals surface area contributed by atoms with Crippen molar-refractivity contribution in [3.63, 3.8) is 0 Å². The third-order valence-corrected chi connectivity index (χ3v) is 8.27. The lowest BCUT2D eigenvalue weighted by Crippen LogP contribution is -2.48. The summed E-state index contributed by atoms with van der Waals surface area (Å²) in [6.45, 7) is 2.60. The van der Waals surface area contributed by atoms with Crippen molar-refractivity contribution >= 4 is 40.5 Å². The van der Waals surface area contributed by atoms with Crippen LogP contribution in [0.3, 0.4) is 0 Å². The molecular weight excluding hydrogens is 513 g/mol. The van der Waals surface area contributed by atoms with Crippen LogP contribution < -0.4 is 15.5 Å². The van der Waals surface area contributed by atoms with Crippen LogP contribution in [0.15, 0.2) is 47.6 Å². The maximum atomic E-state index is 12.3. The summed E-state index contributed by atoms with van der Waals surface area (Å²) in [7, 11) is 0. The van der Waals surface area contributed by atoms with Crippen LogP contribution in [0.25, 0.3) is 0 Å². The van der Waals surface area contributed by atoms with Gasteiger partial charge in [-0.25, -0.2) is 10.2 Å². The molecule has 0 aromatic heterocycles. The number of anilines is 1. The normalized spacial score (nSPS) is 28.1. The Balaban J connectivity index is 1.17. The number of carbonyl (C=O) groups excluding carboxylic acids is 1. The van der Waals surface area contributed by atoms with E-state index in [1.165, 1.54) is 44.1 Å². The van der Waals surface area contributed by atoms with Crippen molar-refractivity contribution in [3.05, 3.63) is 57.2 Å². The molecule has 2 aromatic carbocycles. The number of carbonyl (C=O) groups is 1. The van der Waals surface area contributed by atoms with E-state index in [-0.39, 0.29) is 6.03 Å². The van der Waals surface area contributed by atoms with Crippen molar-refractivity contribution in [3.8, 4) is 5.75 Å². The van der Waals surface area contributed by atoms with Gasteiger partial charge in [0.05, 0.1) is 16.4 Å². The Hall–Kier alpha value is -2.09. The fourth-order valence-electron chi connectivity index (χ4n) is 6.57. The standard InChI is InChI=1S/C26H30IN3O2/c1-2-32-24-8-3-17(12-23(24)27)16-28-30-25(31)29-22-6-4-21(5-7-22)26-13-18-9-19(14-26)11-20(10-18)15-26/h3-8,12,16,18-20H,2,9-11,13-15H2,1H3,(H2,29,30,31)/b28-16+. The van der Waals surface area contributed by atoms with Gasteiger partial charge in [-0.1, -0.05) is 12.1 Å². The van der Waals surface area contributed by atoms with Gasteiger partial charge in [-0.05, 0) is 133 Å². The van der Waals surface area contributed by atoms with Gasteiger partial charge in [0.15, 0.2) is 0 Å². The van der Waals surface area contributed by atoms with Gasteiger partial charge in [0, 0.05) is 5.69 Å². The highest BCUT2D eigenvalue weighted by Gasteiger charge is 2.51. The minimum atomic E-state index is -0.343. The van der Waals surface area contributed by atoms with Crippen LogP contribution in [-0.4, -0.2) is 18.9 Å². The van der Waals surface area contributed by atoms with Gasteiger partial charge in [-0.2, -0.15) is 5.10 Å². The summed E-state index contributed by atoms with van der Waals surface area (Å²) in [5.41, 5.74) is 6.09. The van der Waals surface area contributed by atoms with Crippen LogP contribution in [0.1, 0.15) is 56.6 Å². The van der Waals surface area contributed by atoms with Crippen LogP contribution >= 0.6 is 22.6 Å². The zero-order valence-corrected chi connectivity index (χ0v) is 20.6. The Morgan fingerprint density at radius 3 is 2.34 bits per heavy atom. The monoisotopic (exact) mass is 543 g/mol. The molecule has 4 saturated carbocycles. The molecule has 0 spiro atoms. The number of nitrogens with one attached hydrogen (secondary N) is 2. The third kappa shape index (κ3) is 4.51. The summed E-state index contributed by atoms with van der Waals surface area (Å²) >= 11 is 2.23. The fraction of sp³-hybridized carbons (Fsp3) is 0.462. The molecule has 0 heterocycles. The minimum absolute atomic E-state index is 0.343. The summed E-state index contributed by atoms with van der Waals surface area (Å²) in [6, 6.07) is 14.0. The molecule has 4 aliphatic rings. The zero-order valence-electron chi connectivity index (χ0n) is 18.4. The number of amides is 2. The SMILES string of the molecule is CCOc1ccc(/C=N/NC(=O)Nc2ccc(C34CC5CC(CC(C5)C3)C4)cc2)cc1I. The number of rotatable bonds is 6. The van der Waals surface area contributed by atoms with Crippen LogP contribution in [0.2, 0.25) is 0 Å². The van der Waals surface area contributed by atoms with Gasteiger partial charge in [0.25, 0.3) is 0 Å². The van der Waals surface area contributed by atoms with Crippen molar-refractivity contribution < 1.29 is 9.53 Å². The Bertz CT molecular complexity index is 983. The van der Waals surface area contributed by atoms with Crippen molar-refractivity contribution in [2.24, 2.45) is 22.9 Å². The van der Waals surface area contributed by atoms with Crippen molar-refractivity contribution in [2.45, 2.75) is 50.9 Å². The summed E-state index contributed by atoms with van der Waals surface area (Å²) in [5.74, 6) is 3.65. The minimum Gasteiger partial charge on any atom is -0.493 e. The van der Waals surface area contributed by atoms with Gasteiger partial charge in [0.2, 0.25) is 0 Å². The number of benzene rings is 2. The molecule has 6 heteroatoms. The molecule has 0 aliphatic heterocycles. The number of ether oxygens (including phenoxy) is 1. The molecule has 0 saturated heterocycles. The lowest BCUT2D eigenvalue weighted by molar-refractivity contribution is -0.00518. The molecule has 0 atom stereocenters. The Kier molecular flexibility index (Phi) is 6.14. The first kappa shape index (κ1) is 21.7. The molecule has 2 N–H and O–H groups in total. The van der Waals surface area contributed by atoms with E-state index in [9.17, 15) is 4.79 Å². The molecule has 32 heavy (non-hydrogen) atoms. The summed E-state index contributed by atoms with van der Waals surface area (Å²) in [6.07, 6.45) is 10.1. The smallest absolute Gasteiger partial charge is 0.339 e. The number of urea groups is 1. The van der Waals surface area contributed by atoms with Gasteiger partial charge in [-0.3, -0.25) is 0 Å². The number of hydrogen-bond acceptors (Lipinski definition) is 3. The zero-order chi connectivity index (χ0) is 22.1. The van der Waals surface area contributed by atoms with E-state index in [0.717, 1.165) is 38.3 Å². The first-order chi connectivity index (χ1) is 15.5. The first-order valence-corrected chi connectivity index (χ1v) is 12.7. The lowest BCUT2D eigenvalue weighted by atomic mass is 9.48. The van der Waals surface area contributed by atoms with Crippen molar-refractivity contribution in [1.29, 1.82) is 0 Å². The van der Waals surface area contributed by atoms with E-state index >= 15 is 0 Å². The second-order valence-corrected chi connectivity index (χ2v) is 10.9. The number of halogens is 1. The van der Waals surface area contributed by atoms with E-state index in [1.807, 2.05) is 37.3 Å². The summed E-state index contributed by atoms with van der Waals surface area (Å²) < 4.78 is 6.56. The van der Waals surface area contributed by atoms with Gasteiger partial charge in [0.1, 0.15) is 5.75 Å². The van der Waals surface area contributed by atoms with Crippen LogP contribution in [0.4, 0.5) is 10.5 Å². The fourth-order valence-corrected chi connectivity index (χ4v) is 7.26. The van der Waals surface area contributed by atoms with E-state index in [1.54, 1.807) is 6.21 Å². The second kappa shape index (κ2) is 9.04. The first-order valence-electron chi connectivity index (χ1n) is 11.7. The Labute approximate surface area is 203 Å². The van der Waals surface area contributed by atoms with E-state index in [2.05, 4.69) is 50.6 Å². The van der Waals surface area contributed by atoms with Gasteiger partial charge >= 0.3 is 6.03 Å². The number of nitrogens with zero attached hydrogens (tertiary/aromatic N) is 1. The highest BCUT2D eigenvalue weighted by molar-refractivity contribution is 14.1. The van der Waals surface area contributed by atoms with E-state index in [4.69, 9.17) is 4.74 Å². The number of hydrogen-bond donors (Lipinski definition) is 2. The lowest BCUT2D eigenvalue weighted by Gasteiger charge is -2.57. The number of hydrazone groups is 1. The highest BCUT2D eigenvalue weighted by Crippen LogP contribution is 2.60. The van der Waals surface area contributed by atoms with E-state index < -0.39 is 0 Å². The quantitative estimate of drug-likeness (QED) is 0.255. The molecule has 2 aromatic rings. The Morgan fingerprint density at radius 1 is 1.09 bits per heavy atom. The molecule has 6 rings (SSSR count). The maximum Gasteiger partial charge on any atom is 0.339 e. The van der Waals surface area contributed by atoms with Gasteiger partial charge < -0.3 is 10.1 Å². The molecule has 4 aliphatic carbocycles. The van der Waals surface area contributed by atoms with Crippen molar-refractivity contribution in [2.75, 3.05) is 11.9 Å². The summed E-state index contributed by atoms with van der Waals surface area (Å²) in [5, 5.41) is 6.95. The van der Waals surface area contributed by atoms with Gasteiger partial charge in [-0.15, -0.1) is 0 Å². The molecule has 0 unspecified atom stereocenters. The molecule has 168 valence electrons. The Morgan fingerprint density at radius 2 is 1.75 bits per heavy atom. The van der Waals surface area contributed by atoms with Crippen molar-refractivity contribution in [1.82, 2.24) is 5.43 Å². The molecule has 0 radical (unpaired) electrons. The van der Waals surface area contributed by atoms with E-state index in [0.29, 0.717) is 12.0 Å². The topological polar surface area (TPSA) is 62.7 Å². The predicted octanol–water partition coefficient (Wildman–Crippen LogP) is 6.31. The molecule has 2 amide bonds. The summed E-state index contributed by atoms with van der Waals surface area (Å²) in [4.78, 5) is 12.3. The maximum absolute atomic E-state index is 12.3. The molecule has 5 nitrogen and oxygen atoms in total. The second-order valence-electron chi connectivity index (χ2n) is 9.72. The molecular formula is C26H30IN3O2. The predicted molar refractivity (Wildman–Crippen MR) is 136 cm³/mol. The van der Waals surface area contributed by atoms with Crippen LogP contribution in [0, 0.1) is 21.3 Å². The largest absolute Gasteiger partial charge is 0.493 e. The average molecular weight is 543 g/mol. The average Bonchev–Trinajstić information content (AvgIpc) is 2.75. The third-order valence-electron chi connectivity index (χ3n) is 7.43. The molecule has 4 bridgehead atoms. The molecule has 4 fully saturated rings. The van der Waals surface area contributed by atoms with Crippen LogP contribution in [0.5, 0.6) is 5.75 Å². The van der Waals surface area contributed by atoms with Crippen LogP contribution in [-0.2, 0) is 5.41 Å². The highest BCUT2D eigenvalue weighted by atomic mass is 127.